The molecule has 0 saturated heterocycles. The molecule has 2 aromatic carbocycles. The second-order valence-corrected chi connectivity index (χ2v) is 4.86. The highest BCUT2D eigenvalue weighted by atomic mass is 19.1. The van der Waals surface area contributed by atoms with E-state index < -0.39 is 29.6 Å². The quantitative estimate of drug-likeness (QED) is 0.862. The lowest BCUT2D eigenvalue weighted by Gasteiger charge is -2.17. The number of rotatable bonds is 5. The Hall–Kier alpha value is -2.76. The Balaban J connectivity index is 2.15. The molecule has 0 aliphatic rings. The normalized spacial score (nSPS) is 11.6. The van der Waals surface area contributed by atoms with Crippen LogP contribution in [0.25, 0.3) is 0 Å². The average Bonchev–Trinajstić information content (AvgIpc) is 2.55. The number of hydrogen-bond acceptors (Lipinski definition) is 3. The minimum atomic E-state index is -1.00. The molecule has 1 N–H and O–H groups in total. The number of methoxy groups -OCH3 is 1. The van der Waals surface area contributed by atoms with E-state index in [9.17, 15) is 18.4 Å². The van der Waals surface area contributed by atoms with Gasteiger partial charge in [0.2, 0.25) is 0 Å². The van der Waals surface area contributed by atoms with Gasteiger partial charge in [-0.2, -0.15) is 0 Å². The van der Waals surface area contributed by atoms with Crippen LogP contribution in [0.3, 0.4) is 0 Å². The van der Waals surface area contributed by atoms with E-state index in [0.29, 0.717) is 5.56 Å². The monoisotopic (exact) mass is 319 g/mol. The fourth-order valence-corrected chi connectivity index (χ4v) is 2.07. The summed E-state index contributed by atoms with van der Waals surface area (Å²) in [6.07, 6.45) is 0.104. The summed E-state index contributed by atoms with van der Waals surface area (Å²) in [6.45, 7) is 0. The van der Waals surface area contributed by atoms with Crippen molar-refractivity contribution in [3.8, 4) is 0 Å². The van der Waals surface area contributed by atoms with Crippen molar-refractivity contribution >= 4 is 11.9 Å². The van der Waals surface area contributed by atoms with Crippen LogP contribution in [0, 0.1) is 11.6 Å². The number of hydrogen-bond donors (Lipinski definition) is 1. The number of nitrogens with one attached hydrogen (secondary N) is 1. The number of esters is 1. The van der Waals surface area contributed by atoms with E-state index in [0.717, 1.165) is 6.07 Å². The van der Waals surface area contributed by atoms with Crippen LogP contribution in [0.5, 0.6) is 0 Å². The van der Waals surface area contributed by atoms with Gasteiger partial charge >= 0.3 is 5.97 Å². The Kier molecular flexibility index (Phi) is 5.41. The highest BCUT2D eigenvalue weighted by Crippen LogP contribution is 2.10. The number of carbonyl (C=O) groups excluding carboxylic acids is 2. The van der Waals surface area contributed by atoms with Crippen molar-refractivity contribution in [3.63, 3.8) is 0 Å². The SMILES string of the molecule is COC(=O)[C@@H](Cc1ccc(F)cc1)NC(=O)c1ccccc1F. The van der Waals surface area contributed by atoms with E-state index >= 15 is 0 Å². The van der Waals surface area contributed by atoms with Gasteiger partial charge in [0, 0.05) is 6.42 Å². The lowest BCUT2D eigenvalue weighted by Crippen LogP contribution is -2.43. The summed E-state index contributed by atoms with van der Waals surface area (Å²) in [4.78, 5) is 24.0. The number of amides is 1. The van der Waals surface area contributed by atoms with E-state index in [1.54, 1.807) is 0 Å². The molecule has 6 heteroatoms. The van der Waals surface area contributed by atoms with Crippen LogP contribution < -0.4 is 5.32 Å². The molecule has 1 atom stereocenters. The van der Waals surface area contributed by atoms with Gasteiger partial charge in [-0.1, -0.05) is 24.3 Å². The van der Waals surface area contributed by atoms with Gasteiger partial charge in [-0.15, -0.1) is 0 Å². The van der Waals surface area contributed by atoms with E-state index in [-0.39, 0.29) is 12.0 Å². The summed E-state index contributed by atoms with van der Waals surface area (Å²) in [5.74, 6) is -2.48. The molecule has 120 valence electrons. The molecule has 1 amide bonds. The van der Waals surface area contributed by atoms with Crippen molar-refractivity contribution in [2.24, 2.45) is 0 Å². The zero-order valence-corrected chi connectivity index (χ0v) is 12.4. The molecule has 2 rings (SSSR count). The zero-order valence-electron chi connectivity index (χ0n) is 12.4. The lowest BCUT2D eigenvalue weighted by atomic mass is 10.1. The number of halogens is 2. The predicted molar refractivity (Wildman–Crippen MR) is 79.8 cm³/mol. The molecule has 0 radical (unpaired) electrons. The lowest BCUT2D eigenvalue weighted by molar-refractivity contribution is -0.142. The van der Waals surface area contributed by atoms with Crippen molar-refractivity contribution in [1.29, 1.82) is 0 Å². The molecule has 0 heterocycles. The average molecular weight is 319 g/mol. The standard InChI is InChI=1S/C17H15F2NO3/c1-23-17(22)15(10-11-6-8-12(18)9-7-11)20-16(21)13-4-2-3-5-14(13)19/h2-9,15H,10H2,1H3,(H,20,21)/t15-/m1/s1. The van der Waals surface area contributed by atoms with Crippen LogP contribution >= 0.6 is 0 Å². The van der Waals surface area contributed by atoms with Crippen LogP contribution in [-0.4, -0.2) is 25.0 Å². The minimum Gasteiger partial charge on any atom is -0.467 e. The van der Waals surface area contributed by atoms with Gasteiger partial charge in [-0.3, -0.25) is 4.79 Å². The maximum absolute atomic E-state index is 13.6. The first-order chi connectivity index (χ1) is 11.0. The summed E-state index contributed by atoms with van der Waals surface area (Å²) in [7, 11) is 1.19. The van der Waals surface area contributed by atoms with Crippen LogP contribution in [0.1, 0.15) is 15.9 Å². The van der Waals surface area contributed by atoms with Crippen LogP contribution in [0.4, 0.5) is 8.78 Å². The topological polar surface area (TPSA) is 55.4 Å². The van der Waals surface area contributed by atoms with E-state index in [4.69, 9.17) is 0 Å². The molecule has 0 aliphatic heterocycles. The molecule has 2 aromatic rings. The van der Waals surface area contributed by atoms with Crippen molar-refractivity contribution < 1.29 is 23.1 Å². The Bertz CT molecular complexity index is 701. The summed E-state index contributed by atoms with van der Waals surface area (Å²) in [5, 5.41) is 2.44. The van der Waals surface area contributed by atoms with Gasteiger partial charge in [0.1, 0.15) is 17.7 Å². The first-order valence-corrected chi connectivity index (χ1v) is 6.89. The van der Waals surface area contributed by atoms with E-state index in [2.05, 4.69) is 10.1 Å². The third-order valence-electron chi connectivity index (χ3n) is 3.26. The van der Waals surface area contributed by atoms with Crippen molar-refractivity contribution in [2.75, 3.05) is 7.11 Å². The van der Waals surface area contributed by atoms with Gasteiger partial charge in [0.15, 0.2) is 0 Å². The van der Waals surface area contributed by atoms with Gasteiger partial charge in [0.25, 0.3) is 5.91 Å². The van der Waals surface area contributed by atoms with E-state index in [1.165, 1.54) is 49.6 Å². The highest BCUT2D eigenvalue weighted by molar-refractivity contribution is 5.97. The first kappa shape index (κ1) is 16.6. The van der Waals surface area contributed by atoms with Gasteiger partial charge in [0.05, 0.1) is 12.7 Å². The maximum Gasteiger partial charge on any atom is 0.328 e. The third-order valence-corrected chi connectivity index (χ3v) is 3.26. The number of carbonyl (C=O) groups is 2. The molecular formula is C17H15F2NO3. The molecule has 0 fully saturated rings. The third kappa shape index (κ3) is 4.35. The Labute approximate surface area is 132 Å². The largest absolute Gasteiger partial charge is 0.467 e. The van der Waals surface area contributed by atoms with Crippen LogP contribution in [0.15, 0.2) is 48.5 Å². The number of ether oxygens (including phenoxy) is 1. The molecule has 23 heavy (non-hydrogen) atoms. The smallest absolute Gasteiger partial charge is 0.328 e. The molecular weight excluding hydrogens is 304 g/mol. The summed E-state index contributed by atoms with van der Waals surface area (Å²) in [5.41, 5.74) is 0.469. The second-order valence-electron chi connectivity index (χ2n) is 4.86. The Morgan fingerprint density at radius 2 is 1.74 bits per heavy atom. The number of benzene rings is 2. The molecule has 0 saturated carbocycles. The first-order valence-electron chi connectivity index (χ1n) is 6.89. The predicted octanol–water partition coefficient (Wildman–Crippen LogP) is 2.48. The summed E-state index contributed by atoms with van der Waals surface area (Å²) >= 11 is 0. The molecule has 0 unspecified atom stereocenters. The maximum atomic E-state index is 13.6. The van der Waals surface area contributed by atoms with Crippen LogP contribution in [0.2, 0.25) is 0 Å². The van der Waals surface area contributed by atoms with Crippen LogP contribution in [-0.2, 0) is 16.0 Å². The van der Waals surface area contributed by atoms with Gasteiger partial charge in [-0.25, -0.2) is 13.6 Å². The second kappa shape index (κ2) is 7.49. The van der Waals surface area contributed by atoms with Crippen molar-refractivity contribution in [3.05, 3.63) is 71.3 Å². The highest BCUT2D eigenvalue weighted by Gasteiger charge is 2.23. The molecule has 0 aromatic heterocycles. The van der Waals surface area contributed by atoms with Crippen molar-refractivity contribution in [2.45, 2.75) is 12.5 Å². The Morgan fingerprint density at radius 3 is 2.35 bits per heavy atom. The molecule has 0 aliphatic carbocycles. The molecule has 0 spiro atoms. The van der Waals surface area contributed by atoms with Crippen molar-refractivity contribution in [1.82, 2.24) is 5.32 Å². The fraction of sp³-hybridized carbons (Fsp3) is 0.176. The van der Waals surface area contributed by atoms with Gasteiger partial charge in [-0.05, 0) is 29.8 Å². The summed E-state index contributed by atoms with van der Waals surface area (Å²) in [6, 6.07) is 9.95. The van der Waals surface area contributed by atoms with Gasteiger partial charge < -0.3 is 10.1 Å². The summed E-state index contributed by atoms with van der Waals surface area (Å²) < 4.78 is 31.2. The minimum absolute atomic E-state index is 0.104. The molecule has 0 bridgehead atoms. The zero-order chi connectivity index (χ0) is 16.8. The molecule has 4 nitrogen and oxygen atoms in total. The fourth-order valence-electron chi connectivity index (χ4n) is 2.07. The Morgan fingerprint density at radius 1 is 1.09 bits per heavy atom. The van der Waals surface area contributed by atoms with E-state index in [1.807, 2.05) is 0 Å².